The predicted octanol–water partition coefficient (Wildman–Crippen LogP) is 2.51. The lowest BCUT2D eigenvalue weighted by molar-refractivity contribution is -0.142. The normalized spacial score (nSPS) is 12.5. The third-order valence-electron chi connectivity index (χ3n) is 4.35. The molecule has 2 unspecified atom stereocenters. The Morgan fingerprint density at radius 1 is 1.03 bits per heavy atom. The zero-order valence-corrected chi connectivity index (χ0v) is 19.0. The van der Waals surface area contributed by atoms with E-state index in [0.717, 1.165) is 3.57 Å². The van der Waals surface area contributed by atoms with Crippen LogP contribution in [0.4, 0.5) is 0 Å². The monoisotopic (exact) mass is 538 g/mol. The van der Waals surface area contributed by atoms with Crippen molar-refractivity contribution in [2.45, 2.75) is 38.3 Å². The summed E-state index contributed by atoms with van der Waals surface area (Å²) in [6.45, 7) is 1.67. The molecule has 0 fully saturated rings. The Hall–Kier alpha value is -2.95. The lowest BCUT2D eigenvalue weighted by atomic mass is 10.0. The Balaban J connectivity index is 1.90. The number of carbonyl (C=O) groups excluding carboxylic acids is 3. The first-order valence-corrected chi connectivity index (χ1v) is 10.6. The van der Waals surface area contributed by atoms with Crippen molar-refractivity contribution < 1.29 is 29.0 Å². The zero-order valence-electron chi connectivity index (χ0n) is 16.8. The molecule has 164 valence electrons. The molecule has 31 heavy (non-hydrogen) atoms. The number of hydrogen-bond acceptors (Lipinski definition) is 5. The SMILES string of the molecule is CC(CC(=O)NC(CCC(N)=O)C(=O)O)Oc1ccc(C(=O)c2ccc(I)cc2)cc1. The summed E-state index contributed by atoms with van der Waals surface area (Å²) >= 11 is 2.17. The van der Waals surface area contributed by atoms with Crippen molar-refractivity contribution in [2.75, 3.05) is 0 Å². The van der Waals surface area contributed by atoms with E-state index in [1.165, 1.54) is 0 Å². The number of aliphatic carboxylic acids is 1. The van der Waals surface area contributed by atoms with Gasteiger partial charge in [-0.05, 0) is 84.5 Å². The van der Waals surface area contributed by atoms with Gasteiger partial charge in [-0.15, -0.1) is 0 Å². The molecular formula is C22H23IN2O6. The fourth-order valence-corrected chi connectivity index (χ4v) is 3.14. The van der Waals surface area contributed by atoms with Gasteiger partial charge in [0.25, 0.3) is 0 Å². The highest BCUT2D eigenvalue weighted by molar-refractivity contribution is 14.1. The smallest absolute Gasteiger partial charge is 0.326 e. The number of hydrogen-bond donors (Lipinski definition) is 3. The number of amides is 2. The molecule has 0 aliphatic heterocycles. The zero-order chi connectivity index (χ0) is 23.0. The lowest BCUT2D eigenvalue weighted by Crippen LogP contribution is -2.42. The number of carboxylic acid groups (broad SMARTS) is 1. The quantitative estimate of drug-likeness (QED) is 0.297. The van der Waals surface area contributed by atoms with Crippen molar-refractivity contribution in [3.63, 3.8) is 0 Å². The molecule has 0 spiro atoms. The first-order chi connectivity index (χ1) is 14.7. The van der Waals surface area contributed by atoms with Gasteiger partial charge in [-0.25, -0.2) is 4.79 Å². The average molecular weight is 538 g/mol. The maximum Gasteiger partial charge on any atom is 0.326 e. The van der Waals surface area contributed by atoms with Gasteiger partial charge in [-0.3, -0.25) is 14.4 Å². The Labute approximate surface area is 193 Å². The molecule has 0 saturated carbocycles. The van der Waals surface area contributed by atoms with E-state index in [0.29, 0.717) is 16.9 Å². The van der Waals surface area contributed by atoms with Crippen LogP contribution >= 0.6 is 22.6 Å². The fourth-order valence-electron chi connectivity index (χ4n) is 2.79. The molecule has 0 saturated heterocycles. The third-order valence-corrected chi connectivity index (χ3v) is 5.06. The molecule has 9 heteroatoms. The van der Waals surface area contributed by atoms with Crippen LogP contribution in [-0.2, 0) is 14.4 Å². The summed E-state index contributed by atoms with van der Waals surface area (Å²) in [4.78, 5) is 46.7. The molecular weight excluding hydrogens is 515 g/mol. The highest BCUT2D eigenvalue weighted by atomic mass is 127. The highest BCUT2D eigenvalue weighted by Gasteiger charge is 2.22. The third kappa shape index (κ3) is 8.00. The van der Waals surface area contributed by atoms with Crippen LogP contribution in [-0.4, -0.2) is 40.8 Å². The molecule has 0 bridgehead atoms. The molecule has 0 radical (unpaired) electrons. The fraction of sp³-hybridized carbons (Fsp3) is 0.273. The molecule has 2 atom stereocenters. The van der Waals surface area contributed by atoms with Crippen LogP contribution in [0.3, 0.4) is 0 Å². The van der Waals surface area contributed by atoms with Crippen molar-refractivity contribution in [1.29, 1.82) is 0 Å². The first kappa shape index (κ1) is 24.3. The molecule has 4 N–H and O–H groups in total. The van der Waals surface area contributed by atoms with E-state index in [1.54, 1.807) is 43.3 Å². The predicted molar refractivity (Wildman–Crippen MR) is 122 cm³/mol. The van der Waals surface area contributed by atoms with Crippen LogP contribution in [0.15, 0.2) is 48.5 Å². The standard InChI is InChI=1S/C22H23IN2O6/c1-13(12-20(27)25-18(22(29)30)10-11-19(24)26)31-17-8-4-15(5-9-17)21(28)14-2-6-16(23)7-3-14/h2-9,13,18H,10-12H2,1H3,(H2,24,26)(H,25,27)(H,29,30). The van der Waals surface area contributed by atoms with Gasteiger partial charge in [0.15, 0.2) is 5.78 Å². The number of carbonyl (C=O) groups is 4. The van der Waals surface area contributed by atoms with E-state index in [9.17, 15) is 19.2 Å². The summed E-state index contributed by atoms with van der Waals surface area (Å²) in [6.07, 6.45) is -0.842. The Bertz CT molecular complexity index is 943. The van der Waals surface area contributed by atoms with Crippen LogP contribution in [0.25, 0.3) is 0 Å². The van der Waals surface area contributed by atoms with E-state index in [4.69, 9.17) is 15.6 Å². The van der Waals surface area contributed by atoms with Gasteiger partial charge < -0.3 is 20.9 Å². The van der Waals surface area contributed by atoms with Gasteiger partial charge in [0, 0.05) is 21.1 Å². The van der Waals surface area contributed by atoms with E-state index in [2.05, 4.69) is 27.9 Å². The van der Waals surface area contributed by atoms with E-state index >= 15 is 0 Å². The molecule has 2 aromatic carbocycles. The van der Waals surface area contributed by atoms with Gasteiger partial charge >= 0.3 is 5.97 Å². The molecule has 2 amide bonds. The van der Waals surface area contributed by atoms with Crippen LogP contribution < -0.4 is 15.8 Å². The van der Waals surface area contributed by atoms with Crippen molar-refractivity contribution >= 4 is 46.2 Å². The summed E-state index contributed by atoms with van der Waals surface area (Å²) in [5, 5.41) is 11.5. The number of nitrogens with two attached hydrogens (primary N) is 1. The van der Waals surface area contributed by atoms with Gasteiger partial charge in [-0.2, -0.15) is 0 Å². The van der Waals surface area contributed by atoms with Crippen LogP contribution in [0.2, 0.25) is 0 Å². The number of primary amides is 1. The average Bonchev–Trinajstić information content (AvgIpc) is 2.71. The number of benzene rings is 2. The summed E-state index contributed by atoms with van der Waals surface area (Å²) < 4.78 is 6.73. The first-order valence-electron chi connectivity index (χ1n) is 9.53. The molecule has 8 nitrogen and oxygen atoms in total. The Morgan fingerprint density at radius 2 is 1.58 bits per heavy atom. The molecule has 2 aromatic rings. The highest BCUT2D eigenvalue weighted by Crippen LogP contribution is 2.18. The second kappa shape index (κ2) is 11.4. The van der Waals surface area contributed by atoms with Crippen molar-refractivity contribution in [3.8, 4) is 5.75 Å². The molecule has 0 aliphatic rings. The molecule has 2 rings (SSSR count). The minimum atomic E-state index is -1.24. The number of nitrogens with one attached hydrogen (secondary N) is 1. The van der Waals surface area contributed by atoms with Gasteiger partial charge in [0.2, 0.25) is 11.8 Å². The van der Waals surface area contributed by atoms with E-state index in [1.807, 2.05) is 12.1 Å². The molecule has 0 aliphatic carbocycles. The summed E-state index contributed by atoms with van der Waals surface area (Å²) in [5.41, 5.74) is 6.12. The number of ketones is 1. The van der Waals surface area contributed by atoms with Crippen LogP contribution in [0, 0.1) is 3.57 Å². The van der Waals surface area contributed by atoms with Crippen molar-refractivity contribution in [3.05, 3.63) is 63.2 Å². The lowest BCUT2D eigenvalue weighted by Gasteiger charge is -2.17. The van der Waals surface area contributed by atoms with Gasteiger partial charge in [0.05, 0.1) is 6.42 Å². The maximum atomic E-state index is 12.5. The number of rotatable bonds is 11. The van der Waals surface area contributed by atoms with E-state index in [-0.39, 0.29) is 25.0 Å². The summed E-state index contributed by atoms with van der Waals surface area (Å²) in [7, 11) is 0. The second-order valence-electron chi connectivity index (χ2n) is 6.96. The number of carboxylic acids is 1. The molecule has 0 aromatic heterocycles. The topological polar surface area (TPSA) is 136 Å². The van der Waals surface area contributed by atoms with Crippen molar-refractivity contribution in [1.82, 2.24) is 5.32 Å². The maximum absolute atomic E-state index is 12.5. The summed E-state index contributed by atoms with van der Waals surface area (Å²) in [6, 6.07) is 12.6. The summed E-state index contributed by atoms with van der Waals surface area (Å²) in [5.74, 6) is -2.03. The number of halogens is 1. The van der Waals surface area contributed by atoms with E-state index < -0.39 is 29.9 Å². The Kier molecular flexibility index (Phi) is 8.98. The van der Waals surface area contributed by atoms with Crippen LogP contribution in [0.1, 0.15) is 42.1 Å². The number of ether oxygens (including phenoxy) is 1. The largest absolute Gasteiger partial charge is 0.490 e. The minimum absolute atomic E-state index is 0.0797. The van der Waals surface area contributed by atoms with Gasteiger partial charge in [0.1, 0.15) is 17.9 Å². The van der Waals surface area contributed by atoms with Crippen LogP contribution in [0.5, 0.6) is 5.75 Å². The van der Waals surface area contributed by atoms with Crippen molar-refractivity contribution in [2.24, 2.45) is 5.73 Å². The molecule has 0 heterocycles. The Morgan fingerprint density at radius 3 is 2.10 bits per heavy atom. The minimum Gasteiger partial charge on any atom is -0.490 e. The van der Waals surface area contributed by atoms with Gasteiger partial charge in [-0.1, -0.05) is 0 Å². The second-order valence-corrected chi connectivity index (χ2v) is 8.20.